The lowest BCUT2D eigenvalue weighted by molar-refractivity contribution is -0.143. The summed E-state index contributed by atoms with van der Waals surface area (Å²) >= 11 is 0. The van der Waals surface area contributed by atoms with Crippen LogP contribution in [0.4, 0.5) is 13.2 Å². The first-order chi connectivity index (χ1) is 9.39. The lowest BCUT2D eigenvalue weighted by Crippen LogP contribution is -2.39. The van der Waals surface area contributed by atoms with Gasteiger partial charge < -0.3 is 15.4 Å². The van der Waals surface area contributed by atoms with Gasteiger partial charge >= 0.3 is 12.1 Å². The number of rotatable bonds is 8. The monoisotopic (exact) mass is 425 g/mol. The van der Waals surface area contributed by atoms with E-state index in [1.54, 1.807) is 6.92 Å². The van der Waals surface area contributed by atoms with Crippen LogP contribution in [0.5, 0.6) is 0 Å². The number of ether oxygens (including phenoxy) is 1. The van der Waals surface area contributed by atoms with Crippen LogP contribution in [0.25, 0.3) is 0 Å². The Morgan fingerprint density at radius 2 is 1.90 bits per heavy atom. The van der Waals surface area contributed by atoms with Gasteiger partial charge in [-0.1, -0.05) is 0 Å². The molecule has 0 aromatic rings. The normalized spacial score (nSPS) is 11.6. The van der Waals surface area contributed by atoms with Crippen molar-refractivity contribution in [2.24, 2.45) is 4.99 Å². The smallest absolute Gasteiger partial charge is 0.390 e. The molecule has 0 aliphatic rings. The molecule has 0 spiro atoms. The summed E-state index contributed by atoms with van der Waals surface area (Å²) < 4.78 is 40.8. The predicted molar refractivity (Wildman–Crippen MR) is 85.9 cm³/mol. The van der Waals surface area contributed by atoms with Crippen molar-refractivity contribution in [3.63, 3.8) is 0 Å². The highest BCUT2D eigenvalue weighted by atomic mass is 127. The summed E-state index contributed by atoms with van der Waals surface area (Å²) in [6, 6.07) is 0. The molecule has 21 heavy (non-hydrogen) atoms. The molecule has 0 aromatic heterocycles. The molecule has 0 saturated heterocycles. The lowest BCUT2D eigenvalue weighted by atomic mass is 10.3. The van der Waals surface area contributed by atoms with Gasteiger partial charge in [-0.2, -0.15) is 13.2 Å². The van der Waals surface area contributed by atoms with Crippen molar-refractivity contribution >= 4 is 35.9 Å². The molecular formula is C12H23F3IN3O2. The minimum absolute atomic E-state index is 0. The van der Waals surface area contributed by atoms with Crippen LogP contribution >= 0.6 is 24.0 Å². The van der Waals surface area contributed by atoms with Gasteiger partial charge in [0.15, 0.2) is 5.96 Å². The van der Waals surface area contributed by atoms with E-state index < -0.39 is 12.6 Å². The molecule has 126 valence electrons. The topological polar surface area (TPSA) is 62.7 Å². The van der Waals surface area contributed by atoms with Crippen molar-refractivity contribution in [1.29, 1.82) is 0 Å². The highest BCUT2D eigenvalue weighted by Gasteiger charge is 2.26. The van der Waals surface area contributed by atoms with E-state index in [0.717, 1.165) is 0 Å². The SMILES string of the molecule is CCNC(=NCCCC(=O)OCC)NCCC(F)(F)F.I. The van der Waals surface area contributed by atoms with Crippen molar-refractivity contribution in [3.05, 3.63) is 0 Å². The van der Waals surface area contributed by atoms with Crippen LogP contribution in [0.2, 0.25) is 0 Å². The first kappa shape index (κ1) is 22.5. The number of nitrogens with one attached hydrogen (secondary N) is 2. The van der Waals surface area contributed by atoms with Crippen LogP contribution in [0, 0.1) is 0 Å². The number of alkyl halides is 3. The maximum atomic E-state index is 12.0. The second kappa shape index (κ2) is 13.0. The number of esters is 1. The number of aliphatic imine (C=N–C) groups is 1. The Labute approximate surface area is 140 Å². The van der Waals surface area contributed by atoms with Crippen LogP contribution in [-0.2, 0) is 9.53 Å². The van der Waals surface area contributed by atoms with E-state index in [1.807, 2.05) is 6.92 Å². The van der Waals surface area contributed by atoms with E-state index >= 15 is 0 Å². The summed E-state index contributed by atoms with van der Waals surface area (Å²) in [7, 11) is 0. The largest absolute Gasteiger partial charge is 0.466 e. The van der Waals surface area contributed by atoms with Crippen LogP contribution < -0.4 is 10.6 Å². The van der Waals surface area contributed by atoms with Gasteiger partial charge in [0.1, 0.15) is 0 Å². The number of carbonyl (C=O) groups excluding carboxylic acids is 1. The lowest BCUT2D eigenvalue weighted by Gasteiger charge is -2.12. The average molecular weight is 425 g/mol. The highest BCUT2D eigenvalue weighted by molar-refractivity contribution is 14.0. The number of halogens is 4. The molecule has 0 aromatic carbocycles. The summed E-state index contributed by atoms with van der Waals surface area (Å²) in [5, 5.41) is 5.43. The summed E-state index contributed by atoms with van der Waals surface area (Å²) in [5.74, 6) is 0.0262. The van der Waals surface area contributed by atoms with Crippen LogP contribution in [0.3, 0.4) is 0 Å². The molecule has 0 rings (SSSR count). The number of guanidine groups is 1. The Morgan fingerprint density at radius 1 is 1.24 bits per heavy atom. The standard InChI is InChI=1S/C12H22F3N3O2.HI/c1-3-16-11(18-9-7-12(13,14)15)17-8-5-6-10(19)20-4-2;/h3-9H2,1-2H3,(H2,16,17,18);1H. The van der Waals surface area contributed by atoms with Gasteiger partial charge in [0.05, 0.1) is 13.0 Å². The summed E-state index contributed by atoms with van der Waals surface area (Å²) in [5.41, 5.74) is 0. The molecule has 0 saturated carbocycles. The van der Waals surface area contributed by atoms with Gasteiger partial charge in [0.2, 0.25) is 0 Å². The Balaban J connectivity index is 0. The molecule has 0 atom stereocenters. The Bertz CT molecular complexity index is 313. The van der Waals surface area contributed by atoms with Crippen molar-refractivity contribution in [2.45, 2.75) is 39.3 Å². The van der Waals surface area contributed by atoms with E-state index in [1.165, 1.54) is 0 Å². The summed E-state index contributed by atoms with van der Waals surface area (Å²) in [6.45, 7) is 4.55. The highest BCUT2D eigenvalue weighted by Crippen LogP contribution is 2.17. The Hall–Kier alpha value is -0.740. The first-order valence-corrected chi connectivity index (χ1v) is 6.63. The maximum Gasteiger partial charge on any atom is 0.390 e. The van der Waals surface area contributed by atoms with E-state index in [2.05, 4.69) is 15.6 Å². The van der Waals surface area contributed by atoms with Crippen molar-refractivity contribution in [1.82, 2.24) is 10.6 Å². The van der Waals surface area contributed by atoms with Crippen molar-refractivity contribution in [2.75, 3.05) is 26.2 Å². The third-order valence-electron chi connectivity index (χ3n) is 2.16. The van der Waals surface area contributed by atoms with E-state index in [0.29, 0.717) is 32.1 Å². The predicted octanol–water partition coefficient (Wildman–Crippen LogP) is 2.46. The van der Waals surface area contributed by atoms with Gasteiger partial charge in [-0.05, 0) is 20.3 Å². The molecule has 2 N–H and O–H groups in total. The fourth-order valence-electron chi connectivity index (χ4n) is 1.31. The number of hydrogen-bond donors (Lipinski definition) is 2. The third kappa shape index (κ3) is 15.5. The number of carbonyl (C=O) groups is 1. The molecule has 0 amide bonds. The average Bonchev–Trinajstić information content (AvgIpc) is 2.33. The minimum atomic E-state index is -4.19. The van der Waals surface area contributed by atoms with Gasteiger partial charge in [-0.15, -0.1) is 24.0 Å². The molecule has 5 nitrogen and oxygen atoms in total. The van der Waals surface area contributed by atoms with E-state index in [-0.39, 0.29) is 42.9 Å². The Morgan fingerprint density at radius 3 is 2.43 bits per heavy atom. The van der Waals surface area contributed by atoms with Crippen LogP contribution in [0.15, 0.2) is 4.99 Å². The molecule has 9 heteroatoms. The summed E-state index contributed by atoms with van der Waals surface area (Å²) in [4.78, 5) is 15.2. The molecule has 0 heterocycles. The quantitative estimate of drug-likeness (QED) is 0.206. The molecule has 0 aliphatic carbocycles. The molecular weight excluding hydrogens is 402 g/mol. The minimum Gasteiger partial charge on any atom is -0.466 e. The van der Waals surface area contributed by atoms with Crippen molar-refractivity contribution < 1.29 is 22.7 Å². The van der Waals surface area contributed by atoms with Gasteiger partial charge in [-0.3, -0.25) is 9.79 Å². The number of nitrogens with zero attached hydrogens (tertiary/aromatic N) is 1. The fraction of sp³-hybridized carbons (Fsp3) is 0.833. The molecule has 0 aliphatic heterocycles. The van der Waals surface area contributed by atoms with E-state index in [9.17, 15) is 18.0 Å². The summed E-state index contributed by atoms with van der Waals surface area (Å²) in [6.07, 6.45) is -4.36. The number of hydrogen-bond acceptors (Lipinski definition) is 3. The first-order valence-electron chi connectivity index (χ1n) is 6.63. The maximum absolute atomic E-state index is 12.0. The second-order valence-corrected chi connectivity index (χ2v) is 3.96. The molecule has 0 unspecified atom stereocenters. The zero-order chi connectivity index (χ0) is 15.4. The molecule has 0 radical (unpaired) electrons. The van der Waals surface area contributed by atoms with Crippen LogP contribution in [0.1, 0.15) is 33.1 Å². The van der Waals surface area contributed by atoms with Crippen LogP contribution in [-0.4, -0.2) is 44.3 Å². The zero-order valence-corrected chi connectivity index (χ0v) is 14.6. The van der Waals surface area contributed by atoms with Gasteiger partial charge in [-0.25, -0.2) is 0 Å². The van der Waals surface area contributed by atoms with E-state index in [4.69, 9.17) is 4.74 Å². The second-order valence-electron chi connectivity index (χ2n) is 3.96. The van der Waals surface area contributed by atoms with Gasteiger partial charge in [0, 0.05) is 26.1 Å². The Kier molecular flexibility index (Phi) is 13.9. The zero-order valence-electron chi connectivity index (χ0n) is 12.3. The third-order valence-corrected chi connectivity index (χ3v) is 2.16. The molecule has 0 bridgehead atoms. The fourth-order valence-corrected chi connectivity index (χ4v) is 1.31. The molecule has 0 fully saturated rings. The van der Waals surface area contributed by atoms with Gasteiger partial charge in [0.25, 0.3) is 0 Å². The van der Waals surface area contributed by atoms with Crippen molar-refractivity contribution in [3.8, 4) is 0 Å².